The van der Waals surface area contributed by atoms with Gasteiger partial charge in [-0.05, 0) is 52.2 Å². The molecule has 0 radical (unpaired) electrons. The highest BCUT2D eigenvalue weighted by atomic mass is 32.1. The number of aryl methyl sites for hydroxylation is 1. The normalized spacial score (nSPS) is 11.2. The topological polar surface area (TPSA) is 52.6 Å². The molecule has 0 aromatic carbocycles. The second kappa shape index (κ2) is 7.43. The van der Waals surface area contributed by atoms with E-state index in [1.807, 2.05) is 26.8 Å². The first kappa shape index (κ1) is 16.7. The van der Waals surface area contributed by atoms with Gasteiger partial charge >= 0.3 is 11.9 Å². The maximum absolute atomic E-state index is 11.9. The molecule has 0 fully saturated rings. The molecule has 1 aromatic rings. The van der Waals surface area contributed by atoms with E-state index in [-0.39, 0.29) is 11.9 Å². The van der Waals surface area contributed by atoms with Gasteiger partial charge < -0.3 is 9.47 Å². The molecule has 1 heterocycles. The van der Waals surface area contributed by atoms with Crippen LogP contribution in [0, 0.1) is 0 Å². The highest BCUT2D eigenvalue weighted by Crippen LogP contribution is 2.21. The third kappa shape index (κ3) is 6.19. The Balaban J connectivity index is 2.40. The van der Waals surface area contributed by atoms with Gasteiger partial charge in [-0.3, -0.25) is 4.79 Å². The van der Waals surface area contributed by atoms with Crippen LogP contribution in [0.15, 0.2) is 12.1 Å². The molecular formula is C15H22O4S. The second-order valence-electron chi connectivity index (χ2n) is 5.55. The van der Waals surface area contributed by atoms with Crippen molar-refractivity contribution in [2.75, 3.05) is 7.11 Å². The van der Waals surface area contributed by atoms with E-state index in [9.17, 15) is 9.59 Å². The van der Waals surface area contributed by atoms with Crippen LogP contribution >= 0.6 is 11.3 Å². The van der Waals surface area contributed by atoms with Gasteiger partial charge in [0.1, 0.15) is 10.5 Å². The zero-order chi connectivity index (χ0) is 15.2. The molecule has 0 saturated carbocycles. The van der Waals surface area contributed by atoms with Gasteiger partial charge in [-0.2, -0.15) is 0 Å². The second-order valence-corrected chi connectivity index (χ2v) is 6.72. The fraction of sp³-hybridized carbons (Fsp3) is 0.600. The van der Waals surface area contributed by atoms with Gasteiger partial charge in [0.05, 0.1) is 7.11 Å². The van der Waals surface area contributed by atoms with Crippen molar-refractivity contribution in [3.63, 3.8) is 0 Å². The van der Waals surface area contributed by atoms with E-state index in [0.717, 1.165) is 24.1 Å². The van der Waals surface area contributed by atoms with Gasteiger partial charge in [0.2, 0.25) is 0 Å². The van der Waals surface area contributed by atoms with Crippen LogP contribution in [-0.4, -0.2) is 24.6 Å². The summed E-state index contributed by atoms with van der Waals surface area (Å²) in [5.41, 5.74) is -0.470. The quantitative estimate of drug-likeness (QED) is 0.595. The van der Waals surface area contributed by atoms with E-state index in [4.69, 9.17) is 4.74 Å². The van der Waals surface area contributed by atoms with E-state index < -0.39 is 5.60 Å². The standard InChI is InChI=1S/C15H22O4S/c1-15(2,3)19-14(17)12-10-9-11(20-12)7-5-6-8-13(16)18-4/h9-10H,5-8H2,1-4H3. The number of carbonyl (C=O) groups excluding carboxylic acids is 2. The lowest BCUT2D eigenvalue weighted by molar-refractivity contribution is -0.140. The van der Waals surface area contributed by atoms with Crippen molar-refractivity contribution in [1.82, 2.24) is 0 Å². The van der Waals surface area contributed by atoms with Crippen LogP contribution < -0.4 is 0 Å². The maximum atomic E-state index is 11.9. The largest absolute Gasteiger partial charge is 0.469 e. The molecule has 0 amide bonds. The van der Waals surface area contributed by atoms with Crippen LogP contribution in [0.5, 0.6) is 0 Å². The molecule has 0 unspecified atom stereocenters. The van der Waals surface area contributed by atoms with Gasteiger partial charge in [0, 0.05) is 11.3 Å². The Bertz CT molecular complexity index is 457. The molecule has 0 aliphatic rings. The molecule has 0 bridgehead atoms. The Morgan fingerprint density at radius 2 is 1.90 bits per heavy atom. The Hall–Kier alpha value is -1.36. The number of methoxy groups -OCH3 is 1. The predicted molar refractivity (Wildman–Crippen MR) is 79.1 cm³/mol. The van der Waals surface area contributed by atoms with E-state index in [1.54, 1.807) is 6.07 Å². The summed E-state index contributed by atoms with van der Waals surface area (Å²) in [6, 6.07) is 3.75. The fourth-order valence-corrected chi connectivity index (χ4v) is 2.55. The van der Waals surface area contributed by atoms with Crippen LogP contribution in [0.1, 0.15) is 54.6 Å². The lowest BCUT2D eigenvalue weighted by atomic mass is 10.2. The summed E-state index contributed by atoms with van der Waals surface area (Å²) < 4.78 is 9.91. The summed E-state index contributed by atoms with van der Waals surface area (Å²) in [5.74, 6) is -0.450. The van der Waals surface area contributed by atoms with Crippen LogP contribution in [0.25, 0.3) is 0 Å². The Morgan fingerprint density at radius 1 is 1.20 bits per heavy atom. The van der Waals surface area contributed by atoms with E-state index >= 15 is 0 Å². The number of unbranched alkanes of at least 4 members (excludes halogenated alkanes) is 1. The van der Waals surface area contributed by atoms with Crippen LogP contribution in [0.2, 0.25) is 0 Å². The zero-order valence-electron chi connectivity index (χ0n) is 12.5. The molecule has 0 N–H and O–H groups in total. The summed E-state index contributed by atoms with van der Waals surface area (Å²) >= 11 is 1.46. The molecule has 0 aliphatic heterocycles. The highest BCUT2D eigenvalue weighted by Gasteiger charge is 2.19. The summed E-state index contributed by atoms with van der Waals surface area (Å²) in [7, 11) is 1.40. The molecule has 0 spiro atoms. The van der Waals surface area contributed by atoms with Crippen molar-refractivity contribution in [2.24, 2.45) is 0 Å². The lowest BCUT2D eigenvalue weighted by Crippen LogP contribution is -2.23. The molecule has 1 rings (SSSR count). The molecular weight excluding hydrogens is 276 g/mol. The minimum absolute atomic E-state index is 0.175. The van der Waals surface area contributed by atoms with Crippen molar-refractivity contribution >= 4 is 23.3 Å². The van der Waals surface area contributed by atoms with Crippen LogP contribution in [-0.2, 0) is 20.7 Å². The van der Waals surface area contributed by atoms with E-state index in [2.05, 4.69) is 4.74 Å². The molecule has 1 aromatic heterocycles. The highest BCUT2D eigenvalue weighted by molar-refractivity contribution is 7.13. The number of esters is 2. The lowest BCUT2D eigenvalue weighted by Gasteiger charge is -2.18. The van der Waals surface area contributed by atoms with Crippen molar-refractivity contribution in [3.8, 4) is 0 Å². The molecule has 20 heavy (non-hydrogen) atoms. The molecule has 0 atom stereocenters. The van der Waals surface area contributed by atoms with Gasteiger partial charge in [0.25, 0.3) is 0 Å². The molecule has 0 aliphatic carbocycles. The van der Waals surface area contributed by atoms with Crippen LogP contribution in [0.4, 0.5) is 0 Å². The minimum Gasteiger partial charge on any atom is -0.469 e. The van der Waals surface area contributed by atoms with Crippen molar-refractivity contribution < 1.29 is 19.1 Å². The average molecular weight is 298 g/mol. The molecule has 5 heteroatoms. The number of carbonyl (C=O) groups is 2. The Labute approximate surface area is 124 Å². The van der Waals surface area contributed by atoms with Gasteiger partial charge in [-0.1, -0.05) is 0 Å². The monoisotopic (exact) mass is 298 g/mol. The summed E-state index contributed by atoms with van der Waals surface area (Å²) in [5, 5.41) is 0. The number of ether oxygens (including phenoxy) is 2. The van der Waals surface area contributed by atoms with Crippen molar-refractivity contribution in [3.05, 3.63) is 21.9 Å². The van der Waals surface area contributed by atoms with E-state index in [0.29, 0.717) is 11.3 Å². The number of rotatable bonds is 6. The number of hydrogen-bond acceptors (Lipinski definition) is 5. The van der Waals surface area contributed by atoms with Crippen LogP contribution in [0.3, 0.4) is 0 Å². The summed E-state index contributed by atoms with van der Waals surface area (Å²) in [6.45, 7) is 5.56. The first-order valence-electron chi connectivity index (χ1n) is 6.70. The van der Waals surface area contributed by atoms with E-state index in [1.165, 1.54) is 18.4 Å². The zero-order valence-corrected chi connectivity index (χ0v) is 13.3. The Kier molecular flexibility index (Phi) is 6.20. The molecule has 4 nitrogen and oxygen atoms in total. The smallest absolute Gasteiger partial charge is 0.348 e. The SMILES string of the molecule is COC(=O)CCCCc1ccc(C(=O)OC(C)(C)C)s1. The average Bonchev–Trinajstić information content (AvgIpc) is 2.81. The van der Waals surface area contributed by atoms with Gasteiger partial charge in [-0.25, -0.2) is 4.79 Å². The minimum atomic E-state index is -0.470. The first-order chi connectivity index (χ1) is 9.31. The third-order valence-corrected chi connectivity index (χ3v) is 3.67. The molecule has 112 valence electrons. The van der Waals surface area contributed by atoms with Gasteiger partial charge in [0.15, 0.2) is 0 Å². The predicted octanol–water partition coefficient (Wildman–Crippen LogP) is 3.59. The summed E-state index contributed by atoms with van der Waals surface area (Å²) in [4.78, 5) is 24.6. The fourth-order valence-electron chi connectivity index (χ4n) is 1.62. The molecule has 0 saturated heterocycles. The number of thiophene rings is 1. The Morgan fingerprint density at radius 3 is 2.50 bits per heavy atom. The van der Waals surface area contributed by atoms with Crippen molar-refractivity contribution in [2.45, 2.75) is 52.1 Å². The number of hydrogen-bond donors (Lipinski definition) is 0. The van der Waals surface area contributed by atoms with Gasteiger partial charge in [-0.15, -0.1) is 11.3 Å². The maximum Gasteiger partial charge on any atom is 0.348 e. The van der Waals surface area contributed by atoms with Crippen molar-refractivity contribution in [1.29, 1.82) is 0 Å². The summed E-state index contributed by atoms with van der Waals surface area (Å²) in [6.07, 6.45) is 3.01. The third-order valence-electron chi connectivity index (χ3n) is 2.54. The first-order valence-corrected chi connectivity index (χ1v) is 7.52.